The third-order valence-corrected chi connectivity index (χ3v) is 3.83. The molecule has 4 nitrogen and oxygen atoms in total. The Balaban J connectivity index is 2.49. The van der Waals surface area contributed by atoms with Gasteiger partial charge >= 0.3 is 0 Å². The Morgan fingerprint density at radius 2 is 2.06 bits per heavy atom. The normalized spacial score (nSPS) is 13.9. The number of aliphatic hydroxyl groups is 1. The van der Waals surface area contributed by atoms with Crippen LogP contribution in [0.3, 0.4) is 0 Å². The number of nitrogens with one attached hydrogen (secondary N) is 1. The number of hydrogen-bond donors (Lipinski definition) is 2. The van der Waals surface area contributed by atoms with Crippen LogP contribution in [0.4, 0.5) is 0 Å². The second-order valence-electron chi connectivity index (χ2n) is 3.85. The zero-order chi connectivity index (χ0) is 13.5. The molecule has 0 bridgehead atoms. The summed E-state index contributed by atoms with van der Waals surface area (Å²) < 4.78 is 11.3. The third kappa shape index (κ3) is 5.16. The number of amides is 1. The molecule has 2 unspecified atom stereocenters. The summed E-state index contributed by atoms with van der Waals surface area (Å²) in [6.07, 6.45) is 0. The maximum Gasteiger partial charge on any atom is 0.233 e. The van der Waals surface area contributed by atoms with Gasteiger partial charge in [0, 0.05) is 21.6 Å². The molecule has 0 spiro atoms. The van der Waals surface area contributed by atoms with Crippen LogP contribution in [-0.2, 0) is 15.6 Å². The third-order valence-electron chi connectivity index (χ3n) is 2.36. The lowest BCUT2D eigenvalue weighted by Gasteiger charge is -2.14. The molecule has 100 valence electrons. The van der Waals surface area contributed by atoms with Crippen LogP contribution >= 0.6 is 11.6 Å². The van der Waals surface area contributed by atoms with Crippen molar-refractivity contribution in [2.45, 2.75) is 13.0 Å². The Hall–Kier alpha value is -0.910. The lowest BCUT2D eigenvalue weighted by Crippen LogP contribution is -2.31. The summed E-state index contributed by atoms with van der Waals surface area (Å²) in [5, 5.41) is 12.0. The van der Waals surface area contributed by atoms with E-state index in [1.165, 1.54) is 0 Å². The van der Waals surface area contributed by atoms with Gasteiger partial charge < -0.3 is 10.4 Å². The predicted octanol–water partition coefficient (Wildman–Crippen LogP) is 1.26. The van der Waals surface area contributed by atoms with Crippen molar-refractivity contribution < 1.29 is 14.1 Å². The summed E-state index contributed by atoms with van der Waals surface area (Å²) in [7, 11) is -1.31. The Labute approximate surface area is 114 Å². The van der Waals surface area contributed by atoms with Crippen molar-refractivity contribution in [1.82, 2.24) is 5.32 Å². The average Bonchev–Trinajstić information content (AvgIpc) is 2.29. The first-order valence-electron chi connectivity index (χ1n) is 5.53. The van der Waals surface area contributed by atoms with Crippen LogP contribution in [0.15, 0.2) is 24.3 Å². The molecule has 1 rings (SSSR count). The monoisotopic (exact) mass is 289 g/mol. The van der Waals surface area contributed by atoms with E-state index in [-0.39, 0.29) is 30.1 Å². The van der Waals surface area contributed by atoms with Crippen LogP contribution in [0.25, 0.3) is 0 Å². The molecule has 1 aromatic carbocycles. The van der Waals surface area contributed by atoms with Gasteiger partial charge in [0.25, 0.3) is 0 Å². The number of carbonyl (C=O) groups excluding carboxylic acids is 1. The van der Waals surface area contributed by atoms with Crippen LogP contribution < -0.4 is 5.32 Å². The molecule has 1 aromatic rings. The summed E-state index contributed by atoms with van der Waals surface area (Å²) in [5.74, 6) is -0.245. The molecule has 6 heteroatoms. The number of aliphatic hydroxyl groups excluding tert-OH is 1. The van der Waals surface area contributed by atoms with Crippen molar-refractivity contribution in [3.8, 4) is 0 Å². The number of halogens is 1. The molecule has 0 saturated heterocycles. The first-order valence-corrected chi connectivity index (χ1v) is 7.40. The van der Waals surface area contributed by atoms with E-state index < -0.39 is 10.8 Å². The minimum Gasteiger partial charge on any atom is -0.395 e. The average molecular weight is 290 g/mol. The first-order chi connectivity index (χ1) is 8.52. The van der Waals surface area contributed by atoms with E-state index in [1.807, 2.05) is 19.1 Å². The highest BCUT2D eigenvalue weighted by atomic mass is 35.5. The molecule has 0 fully saturated rings. The SMILES string of the molecule is CC(NC(=O)CS(=O)CCO)c1ccc(Cl)cc1. The maximum atomic E-state index is 11.6. The number of rotatable bonds is 6. The molecule has 18 heavy (non-hydrogen) atoms. The standard InChI is InChI=1S/C12H16ClNO3S/c1-9(10-2-4-11(13)5-3-10)14-12(16)8-18(17)7-6-15/h2-5,9,15H,6-8H2,1H3,(H,14,16). The Morgan fingerprint density at radius 1 is 1.44 bits per heavy atom. The number of hydrogen-bond acceptors (Lipinski definition) is 3. The molecule has 2 atom stereocenters. The van der Waals surface area contributed by atoms with Gasteiger partial charge in [-0.3, -0.25) is 9.00 Å². The summed E-state index contributed by atoms with van der Waals surface area (Å²) in [5.41, 5.74) is 0.931. The fourth-order valence-corrected chi connectivity index (χ4v) is 2.29. The van der Waals surface area contributed by atoms with Gasteiger partial charge in [-0.25, -0.2) is 0 Å². The van der Waals surface area contributed by atoms with E-state index >= 15 is 0 Å². The maximum absolute atomic E-state index is 11.6. The molecule has 0 saturated carbocycles. The van der Waals surface area contributed by atoms with E-state index in [9.17, 15) is 9.00 Å². The zero-order valence-corrected chi connectivity index (χ0v) is 11.6. The highest BCUT2D eigenvalue weighted by molar-refractivity contribution is 7.85. The molecule has 0 aliphatic rings. The van der Waals surface area contributed by atoms with Crippen molar-refractivity contribution in [3.05, 3.63) is 34.9 Å². The molecule has 0 aliphatic heterocycles. The zero-order valence-electron chi connectivity index (χ0n) is 10.1. The summed E-state index contributed by atoms with van der Waals surface area (Å²) in [6.45, 7) is 1.67. The van der Waals surface area contributed by atoms with Crippen LogP contribution in [-0.4, -0.2) is 33.3 Å². The molecule has 1 amide bonds. The Bertz CT molecular complexity index is 422. The van der Waals surface area contributed by atoms with E-state index in [2.05, 4.69) is 5.32 Å². The van der Waals surface area contributed by atoms with Crippen LogP contribution in [0.1, 0.15) is 18.5 Å². The van der Waals surface area contributed by atoms with E-state index in [1.54, 1.807) is 12.1 Å². The minimum absolute atomic E-state index is 0.0848. The largest absolute Gasteiger partial charge is 0.395 e. The lowest BCUT2D eigenvalue weighted by molar-refractivity contribution is -0.119. The van der Waals surface area contributed by atoms with Gasteiger partial charge in [0.1, 0.15) is 5.75 Å². The van der Waals surface area contributed by atoms with E-state index in [0.717, 1.165) is 5.56 Å². The molecule has 0 radical (unpaired) electrons. The number of carbonyl (C=O) groups is 1. The van der Waals surface area contributed by atoms with Crippen molar-refractivity contribution in [1.29, 1.82) is 0 Å². The predicted molar refractivity (Wildman–Crippen MR) is 73.0 cm³/mol. The Kier molecular flexibility index (Phi) is 6.32. The van der Waals surface area contributed by atoms with Crippen molar-refractivity contribution in [2.24, 2.45) is 0 Å². The Morgan fingerprint density at radius 3 is 2.61 bits per heavy atom. The molecule has 0 aliphatic carbocycles. The van der Waals surface area contributed by atoms with Crippen molar-refractivity contribution >= 4 is 28.3 Å². The van der Waals surface area contributed by atoms with Gasteiger partial charge in [-0.2, -0.15) is 0 Å². The summed E-state index contributed by atoms with van der Waals surface area (Å²) >= 11 is 5.77. The quantitative estimate of drug-likeness (QED) is 0.828. The minimum atomic E-state index is -1.31. The van der Waals surface area contributed by atoms with Gasteiger partial charge in [0.15, 0.2) is 0 Å². The van der Waals surface area contributed by atoms with Gasteiger partial charge in [-0.15, -0.1) is 0 Å². The van der Waals surface area contributed by atoms with Gasteiger partial charge in [0.05, 0.1) is 12.6 Å². The summed E-state index contributed by atoms with van der Waals surface area (Å²) in [6, 6.07) is 7.00. The second kappa shape index (κ2) is 7.51. The van der Waals surface area contributed by atoms with E-state index in [0.29, 0.717) is 5.02 Å². The molecular formula is C12H16ClNO3S. The number of benzene rings is 1. The molecule has 0 heterocycles. The lowest BCUT2D eigenvalue weighted by atomic mass is 10.1. The van der Waals surface area contributed by atoms with Crippen LogP contribution in [0, 0.1) is 0 Å². The summed E-state index contributed by atoms with van der Waals surface area (Å²) in [4.78, 5) is 11.6. The first kappa shape index (κ1) is 15.1. The molecule has 2 N–H and O–H groups in total. The smallest absolute Gasteiger partial charge is 0.233 e. The van der Waals surface area contributed by atoms with E-state index in [4.69, 9.17) is 16.7 Å². The van der Waals surface area contributed by atoms with Gasteiger partial charge in [-0.05, 0) is 24.6 Å². The van der Waals surface area contributed by atoms with Crippen molar-refractivity contribution in [3.63, 3.8) is 0 Å². The van der Waals surface area contributed by atoms with Crippen molar-refractivity contribution in [2.75, 3.05) is 18.1 Å². The highest BCUT2D eigenvalue weighted by Gasteiger charge is 2.12. The van der Waals surface area contributed by atoms with Gasteiger partial charge in [-0.1, -0.05) is 23.7 Å². The van der Waals surface area contributed by atoms with Crippen LogP contribution in [0.2, 0.25) is 5.02 Å². The topological polar surface area (TPSA) is 66.4 Å². The van der Waals surface area contributed by atoms with Crippen LogP contribution in [0.5, 0.6) is 0 Å². The molecular weight excluding hydrogens is 274 g/mol. The highest BCUT2D eigenvalue weighted by Crippen LogP contribution is 2.15. The van der Waals surface area contributed by atoms with Gasteiger partial charge in [0.2, 0.25) is 5.91 Å². The molecule has 0 aromatic heterocycles. The fraction of sp³-hybridized carbons (Fsp3) is 0.417. The fourth-order valence-electron chi connectivity index (χ4n) is 1.44. The second-order valence-corrected chi connectivity index (χ2v) is 5.87.